The molecule has 0 bridgehead atoms. The van der Waals surface area contributed by atoms with E-state index in [4.69, 9.17) is 0 Å². The van der Waals surface area contributed by atoms with Crippen LogP contribution in [0.5, 0.6) is 0 Å². The van der Waals surface area contributed by atoms with E-state index in [1.54, 1.807) is 6.20 Å². The Kier molecular flexibility index (Phi) is 3.78. The SMILES string of the molecule is Cc1ccc(C)c(CC(O)c2cccnc2C)c1. The topological polar surface area (TPSA) is 33.1 Å². The van der Waals surface area contributed by atoms with E-state index < -0.39 is 6.10 Å². The van der Waals surface area contributed by atoms with Crippen molar-refractivity contribution >= 4 is 0 Å². The lowest BCUT2D eigenvalue weighted by Gasteiger charge is -2.15. The van der Waals surface area contributed by atoms with Gasteiger partial charge < -0.3 is 5.11 Å². The number of hydrogen-bond donors (Lipinski definition) is 1. The van der Waals surface area contributed by atoms with Gasteiger partial charge in [-0.25, -0.2) is 0 Å². The van der Waals surface area contributed by atoms with Gasteiger partial charge in [-0.1, -0.05) is 29.8 Å². The van der Waals surface area contributed by atoms with Gasteiger partial charge in [0.05, 0.1) is 6.10 Å². The van der Waals surface area contributed by atoms with Crippen molar-refractivity contribution < 1.29 is 5.11 Å². The van der Waals surface area contributed by atoms with Crippen LogP contribution in [0.15, 0.2) is 36.5 Å². The highest BCUT2D eigenvalue weighted by Gasteiger charge is 2.12. The third-order valence-electron chi connectivity index (χ3n) is 3.32. The van der Waals surface area contributed by atoms with E-state index in [-0.39, 0.29) is 0 Å². The summed E-state index contributed by atoms with van der Waals surface area (Å²) in [4.78, 5) is 4.22. The van der Waals surface area contributed by atoms with Gasteiger partial charge in [-0.2, -0.15) is 0 Å². The van der Waals surface area contributed by atoms with E-state index in [0.29, 0.717) is 6.42 Å². The first-order chi connectivity index (χ1) is 8.58. The first kappa shape index (κ1) is 12.8. The molecule has 1 aromatic heterocycles. The molecule has 0 amide bonds. The van der Waals surface area contributed by atoms with Crippen molar-refractivity contribution in [2.24, 2.45) is 0 Å². The van der Waals surface area contributed by atoms with Gasteiger partial charge in [0.15, 0.2) is 0 Å². The summed E-state index contributed by atoms with van der Waals surface area (Å²) in [5.41, 5.74) is 5.46. The molecule has 1 unspecified atom stereocenters. The quantitative estimate of drug-likeness (QED) is 0.894. The summed E-state index contributed by atoms with van der Waals surface area (Å²) in [6, 6.07) is 10.2. The zero-order valence-electron chi connectivity index (χ0n) is 11.1. The summed E-state index contributed by atoms with van der Waals surface area (Å²) < 4.78 is 0. The van der Waals surface area contributed by atoms with Gasteiger partial charge in [-0.3, -0.25) is 4.98 Å². The minimum atomic E-state index is -0.487. The molecule has 0 radical (unpaired) electrons. The lowest BCUT2D eigenvalue weighted by atomic mass is 9.96. The number of aliphatic hydroxyl groups is 1. The highest BCUT2D eigenvalue weighted by Crippen LogP contribution is 2.22. The number of aliphatic hydroxyl groups excluding tert-OH is 1. The predicted molar refractivity (Wildman–Crippen MR) is 73.6 cm³/mol. The third-order valence-corrected chi connectivity index (χ3v) is 3.32. The molecule has 2 aromatic rings. The minimum Gasteiger partial charge on any atom is -0.388 e. The maximum Gasteiger partial charge on any atom is 0.0847 e. The number of hydrogen-bond acceptors (Lipinski definition) is 2. The summed E-state index contributed by atoms with van der Waals surface area (Å²) in [6.07, 6.45) is 1.91. The molecule has 0 fully saturated rings. The average molecular weight is 241 g/mol. The van der Waals surface area contributed by atoms with E-state index in [0.717, 1.165) is 11.3 Å². The number of rotatable bonds is 3. The number of nitrogens with zero attached hydrogens (tertiary/aromatic N) is 1. The van der Waals surface area contributed by atoms with Gasteiger partial charge in [-0.15, -0.1) is 0 Å². The standard InChI is InChI=1S/C16H19NO/c1-11-6-7-12(2)14(9-11)10-16(18)15-5-4-8-17-13(15)3/h4-9,16,18H,10H2,1-3H3. The van der Waals surface area contributed by atoms with Crippen LogP contribution in [0.4, 0.5) is 0 Å². The Balaban J connectivity index is 2.24. The zero-order chi connectivity index (χ0) is 13.1. The van der Waals surface area contributed by atoms with Crippen LogP contribution in [0.25, 0.3) is 0 Å². The van der Waals surface area contributed by atoms with Crippen LogP contribution in [0.2, 0.25) is 0 Å². The van der Waals surface area contributed by atoms with Crippen molar-refractivity contribution in [2.45, 2.75) is 33.3 Å². The van der Waals surface area contributed by atoms with E-state index in [2.05, 4.69) is 37.0 Å². The van der Waals surface area contributed by atoms with Gasteiger partial charge in [0.1, 0.15) is 0 Å². The first-order valence-corrected chi connectivity index (χ1v) is 6.23. The molecule has 0 aliphatic carbocycles. The van der Waals surface area contributed by atoms with E-state index >= 15 is 0 Å². The van der Waals surface area contributed by atoms with Crippen LogP contribution in [0.3, 0.4) is 0 Å². The summed E-state index contributed by atoms with van der Waals surface area (Å²) in [5.74, 6) is 0. The minimum absolute atomic E-state index is 0.487. The normalized spacial score (nSPS) is 12.4. The molecule has 0 saturated heterocycles. The van der Waals surface area contributed by atoms with Crippen LogP contribution in [0.1, 0.15) is 34.1 Å². The molecule has 0 spiro atoms. The van der Waals surface area contributed by atoms with Gasteiger partial charge in [-0.05, 0) is 38.0 Å². The monoisotopic (exact) mass is 241 g/mol. The second-order valence-corrected chi connectivity index (χ2v) is 4.83. The van der Waals surface area contributed by atoms with Gasteiger partial charge in [0.2, 0.25) is 0 Å². The molecule has 2 heteroatoms. The van der Waals surface area contributed by atoms with E-state index in [9.17, 15) is 5.11 Å². The van der Waals surface area contributed by atoms with Crippen molar-refractivity contribution in [1.82, 2.24) is 4.98 Å². The number of pyridine rings is 1. The fourth-order valence-electron chi connectivity index (χ4n) is 2.19. The Morgan fingerprint density at radius 1 is 1.17 bits per heavy atom. The number of aryl methyl sites for hydroxylation is 3. The Morgan fingerprint density at radius 2 is 1.94 bits per heavy atom. The predicted octanol–water partition coefficient (Wildman–Crippen LogP) is 3.28. The number of benzene rings is 1. The largest absolute Gasteiger partial charge is 0.388 e. The molecule has 1 atom stereocenters. The highest BCUT2D eigenvalue weighted by atomic mass is 16.3. The van der Waals surface area contributed by atoms with Crippen molar-refractivity contribution in [1.29, 1.82) is 0 Å². The van der Waals surface area contributed by atoms with Gasteiger partial charge in [0.25, 0.3) is 0 Å². The average Bonchev–Trinajstić information content (AvgIpc) is 2.34. The molecule has 0 saturated carbocycles. The smallest absolute Gasteiger partial charge is 0.0847 e. The second kappa shape index (κ2) is 5.32. The van der Waals surface area contributed by atoms with Gasteiger partial charge in [0, 0.05) is 23.9 Å². The molecule has 18 heavy (non-hydrogen) atoms. The molecular formula is C16H19NO. The lowest BCUT2D eigenvalue weighted by Crippen LogP contribution is -2.06. The fourth-order valence-corrected chi connectivity index (χ4v) is 2.19. The summed E-state index contributed by atoms with van der Waals surface area (Å²) in [7, 11) is 0. The summed E-state index contributed by atoms with van der Waals surface area (Å²) in [6.45, 7) is 6.09. The molecule has 2 nitrogen and oxygen atoms in total. The molecule has 2 rings (SSSR count). The van der Waals surface area contributed by atoms with Gasteiger partial charge >= 0.3 is 0 Å². The Bertz CT molecular complexity index is 549. The lowest BCUT2D eigenvalue weighted by molar-refractivity contribution is 0.177. The molecule has 94 valence electrons. The molecule has 0 aliphatic heterocycles. The Hall–Kier alpha value is -1.67. The molecule has 1 aromatic carbocycles. The van der Waals surface area contributed by atoms with Crippen LogP contribution in [-0.2, 0) is 6.42 Å². The Morgan fingerprint density at radius 3 is 2.67 bits per heavy atom. The molecule has 0 aliphatic rings. The van der Waals surface area contributed by atoms with E-state index in [1.807, 2.05) is 19.1 Å². The number of aromatic nitrogens is 1. The summed E-state index contributed by atoms with van der Waals surface area (Å²) in [5, 5.41) is 10.3. The fraction of sp³-hybridized carbons (Fsp3) is 0.312. The molecular weight excluding hydrogens is 222 g/mol. The summed E-state index contributed by atoms with van der Waals surface area (Å²) >= 11 is 0. The van der Waals surface area contributed by atoms with Crippen molar-refractivity contribution in [2.75, 3.05) is 0 Å². The van der Waals surface area contributed by atoms with Crippen molar-refractivity contribution in [3.05, 3.63) is 64.5 Å². The van der Waals surface area contributed by atoms with Crippen LogP contribution in [0, 0.1) is 20.8 Å². The highest BCUT2D eigenvalue weighted by molar-refractivity contribution is 5.32. The van der Waals surface area contributed by atoms with Crippen LogP contribution < -0.4 is 0 Å². The zero-order valence-corrected chi connectivity index (χ0v) is 11.1. The van der Waals surface area contributed by atoms with E-state index in [1.165, 1.54) is 16.7 Å². The van der Waals surface area contributed by atoms with Crippen molar-refractivity contribution in [3.63, 3.8) is 0 Å². The van der Waals surface area contributed by atoms with Crippen LogP contribution in [-0.4, -0.2) is 10.1 Å². The first-order valence-electron chi connectivity index (χ1n) is 6.23. The Labute approximate surface area is 108 Å². The third kappa shape index (κ3) is 2.77. The molecule has 1 N–H and O–H groups in total. The molecule has 1 heterocycles. The van der Waals surface area contributed by atoms with Crippen molar-refractivity contribution in [3.8, 4) is 0 Å². The maximum atomic E-state index is 10.3. The second-order valence-electron chi connectivity index (χ2n) is 4.83. The van der Waals surface area contributed by atoms with Crippen LogP contribution >= 0.6 is 0 Å². The maximum absolute atomic E-state index is 10.3.